The summed E-state index contributed by atoms with van der Waals surface area (Å²) in [6.45, 7) is 0. The minimum atomic E-state index is -1.05. The van der Waals surface area contributed by atoms with E-state index in [0.717, 1.165) is 11.3 Å². The van der Waals surface area contributed by atoms with Crippen LogP contribution in [-0.4, -0.2) is 41.5 Å². The quantitative estimate of drug-likeness (QED) is 0.491. The maximum Gasteiger partial charge on any atom is 0.335 e. The molecule has 8 nitrogen and oxygen atoms in total. The van der Waals surface area contributed by atoms with Crippen molar-refractivity contribution in [3.63, 3.8) is 0 Å². The molecule has 3 aromatic rings. The van der Waals surface area contributed by atoms with Crippen LogP contribution in [0, 0.1) is 0 Å². The van der Waals surface area contributed by atoms with Crippen LogP contribution in [0.3, 0.4) is 0 Å². The Balaban J connectivity index is 2.00. The van der Waals surface area contributed by atoms with Crippen molar-refractivity contribution in [3.8, 4) is 5.75 Å². The fourth-order valence-corrected chi connectivity index (χ4v) is 3.35. The summed E-state index contributed by atoms with van der Waals surface area (Å²) in [5.41, 5.74) is 2.43. The third kappa shape index (κ3) is 4.60. The third-order valence-electron chi connectivity index (χ3n) is 4.94. The Bertz CT molecular complexity index is 1080. The molecular weight excluding hydrogens is 388 g/mol. The van der Waals surface area contributed by atoms with E-state index >= 15 is 0 Å². The number of benzene rings is 2. The zero-order valence-electron chi connectivity index (χ0n) is 16.6. The van der Waals surface area contributed by atoms with Crippen LogP contribution in [0.1, 0.15) is 45.1 Å². The van der Waals surface area contributed by atoms with Crippen molar-refractivity contribution in [2.45, 2.75) is 18.8 Å². The number of hydrogen-bond donors (Lipinski definition) is 3. The van der Waals surface area contributed by atoms with Crippen LogP contribution in [-0.2, 0) is 16.0 Å². The summed E-state index contributed by atoms with van der Waals surface area (Å²) in [7, 11) is 2.87. The number of carboxylic acids is 1. The van der Waals surface area contributed by atoms with Gasteiger partial charge in [0.25, 0.3) is 5.56 Å². The average Bonchev–Trinajstić information content (AvgIpc) is 3.12. The highest BCUT2D eigenvalue weighted by Crippen LogP contribution is 2.29. The number of aromatic nitrogens is 2. The van der Waals surface area contributed by atoms with Crippen molar-refractivity contribution < 1.29 is 24.2 Å². The van der Waals surface area contributed by atoms with Gasteiger partial charge in [-0.1, -0.05) is 24.3 Å². The van der Waals surface area contributed by atoms with Gasteiger partial charge in [0.15, 0.2) is 0 Å². The second-order valence-corrected chi connectivity index (χ2v) is 6.76. The molecule has 30 heavy (non-hydrogen) atoms. The lowest BCUT2D eigenvalue weighted by Crippen LogP contribution is -2.18. The highest BCUT2D eigenvalue weighted by atomic mass is 16.5. The first kappa shape index (κ1) is 20.9. The standard InChI is InChI=1S/C22H22N2O6/c1-29-16-9-3-13(4-10-16)11-18-20(21(26)24-23-18)17(12-19(25)30-2)14-5-7-15(8-6-14)22(27)28/h3-10,17H,11-12H2,1-2H3,(H,27,28)(H2,23,24,26). The van der Waals surface area contributed by atoms with Crippen molar-refractivity contribution in [1.82, 2.24) is 10.2 Å². The van der Waals surface area contributed by atoms with Gasteiger partial charge in [-0.3, -0.25) is 14.7 Å². The fourth-order valence-electron chi connectivity index (χ4n) is 3.35. The van der Waals surface area contributed by atoms with E-state index in [1.54, 1.807) is 19.2 Å². The topological polar surface area (TPSA) is 121 Å². The van der Waals surface area contributed by atoms with E-state index in [9.17, 15) is 14.4 Å². The van der Waals surface area contributed by atoms with E-state index in [0.29, 0.717) is 23.2 Å². The van der Waals surface area contributed by atoms with Gasteiger partial charge in [0.2, 0.25) is 0 Å². The SMILES string of the molecule is COC(=O)CC(c1ccc(C(=O)O)cc1)c1c(Cc2ccc(OC)cc2)[nH][nH]c1=O. The van der Waals surface area contributed by atoms with E-state index in [2.05, 4.69) is 10.2 Å². The normalized spacial score (nSPS) is 11.7. The van der Waals surface area contributed by atoms with Crippen LogP contribution in [0.5, 0.6) is 5.75 Å². The van der Waals surface area contributed by atoms with Crippen LogP contribution in [0.4, 0.5) is 0 Å². The predicted molar refractivity (Wildman–Crippen MR) is 109 cm³/mol. The molecule has 0 radical (unpaired) electrons. The molecule has 0 aliphatic heterocycles. The lowest BCUT2D eigenvalue weighted by atomic mass is 9.87. The van der Waals surface area contributed by atoms with E-state index < -0.39 is 17.9 Å². The number of ether oxygens (including phenoxy) is 2. The van der Waals surface area contributed by atoms with Gasteiger partial charge in [-0.25, -0.2) is 4.79 Å². The summed E-state index contributed by atoms with van der Waals surface area (Å²) in [5, 5.41) is 14.6. The maximum atomic E-state index is 12.6. The third-order valence-corrected chi connectivity index (χ3v) is 4.94. The Hall–Kier alpha value is -3.81. The molecule has 1 aromatic heterocycles. The van der Waals surface area contributed by atoms with Crippen LogP contribution in [0.15, 0.2) is 53.3 Å². The lowest BCUT2D eigenvalue weighted by Gasteiger charge is -2.16. The van der Waals surface area contributed by atoms with Gasteiger partial charge in [0.1, 0.15) is 5.75 Å². The summed E-state index contributed by atoms with van der Waals surface area (Å²) in [6, 6.07) is 13.6. The van der Waals surface area contributed by atoms with E-state index in [-0.39, 0.29) is 17.5 Å². The number of aromatic carboxylic acids is 1. The first-order chi connectivity index (χ1) is 14.4. The van der Waals surface area contributed by atoms with Crippen molar-refractivity contribution >= 4 is 11.9 Å². The average molecular weight is 410 g/mol. The van der Waals surface area contributed by atoms with Crippen LogP contribution >= 0.6 is 0 Å². The van der Waals surface area contributed by atoms with Crippen LogP contribution in [0.25, 0.3) is 0 Å². The monoisotopic (exact) mass is 410 g/mol. The van der Waals surface area contributed by atoms with Gasteiger partial charge < -0.3 is 19.7 Å². The zero-order chi connectivity index (χ0) is 21.7. The molecule has 0 saturated carbocycles. The summed E-state index contributed by atoms with van der Waals surface area (Å²) in [6.07, 6.45) is 0.377. The Kier molecular flexibility index (Phi) is 6.36. The van der Waals surface area contributed by atoms with Crippen molar-refractivity contribution in [3.05, 3.63) is 86.8 Å². The molecule has 0 aliphatic rings. The second-order valence-electron chi connectivity index (χ2n) is 6.76. The number of rotatable bonds is 8. The maximum absolute atomic E-state index is 12.6. The largest absolute Gasteiger partial charge is 0.497 e. The Morgan fingerprint density at radius 2 is 1.67 bits per heavy atom. The number of esters is 1. The minimum Gasteiger partial charge on any atom is -0.497 e. The number of methoxy groups -OCH3 is 2. The molecule has 2 aromatic carbocycles. The highest BCUT2D eigenvalue weighted by Gasteiger charge is 2.26. The molecule has 0 bridgehead atoms. The molecule has 0 amide bonds. The molecule has 0 spiro atoms. The van der Waals surface area contributed by atoms with Crippen molar-refractivity contribution in [2.75, 3.05) is 14.2 Å². The lowest BCUT2D eigenvalue weighted by molar-refractivity contribution is -0.140. The summed E-state index contributed by atoms with van der Waals surface area (Å²) < 4.78 is 9.99. The molecule has 3 rings (SSSR count). The molecule has 8 heteroatoms. The minimum absolute atomic E-state index is 0.0561. The van der Waals surface area contributed by atoms with E-state index in [1.807, 2.05) is 24.3 Å². The number of carbonyl (C=O) groups is 2. The van der Waals surface area contributed by atoms with E-state index in [4.69, 9.17) is 14.6 Å². The van der Waals surface area contributed by atoms with Gasteiger partial charge in [-0.05, 0) is 35.4 Å². The molecular formula is C22H22N2O6. The number of nitrogens with one attached hydrogen (secondary N) is 2. The smallest absolute Gasteiger partial charge is 0.335 e. The Morgan fingerprint density at radius 1 is 1.00 bits per heavy atom. The molecule has 0 saturated heterocycles. The Labute approximate surface area is 172 Å². The predicted octanol–water partition coefficient (Wildman–Crippen LogP) is 2.70. The molecule has 1 atom stereocenters. The number of aromatic amines is 2. The Morgan fingerprint density at radius 3 is 2.23 bits per heavy atom. The molecule has 1 unspecified atom stereocenters. The van der Waals surface area contributed by atoms with E-state index in [1.165, 1.54) is 19.2 Å². The number of carboxylic acid groups (broad SMARTS) is 1. The van der Waals surface area contributed by atoms with Gasteiger partial charge in [-0.2, -0.15) is 0 Å². The summed E-state index contributed by atoms with van der Waals surface area (Å²) in [4.78, 5) is 35.9. The van der Waals surface area contributed by atoms with Gasteiger partial charge in [0.05, 0.1) is 26.2 Å². The fraction of sp³-hybridized carbons (Fsp3) is 0.227. The molecule has 1 heterocycles. The molecule has 0 aliphatic carbocycles. The number of H-pyrrole nitrogens is 2. The molecule has 156 valence electrons. The van der Waals surface area contributed by atoms with Gasteiger partial charge in [0, 0.05) is 23.6 Å². The highest BCUT2D eigenvalue weighted by molar-refractivity contribution is 5.87. The first-order valence-corrected chi connectivity index (χ1v) is 9.25. The van der Waals surface area contributed by atoms with Gasteiger partial charge >= 0.3 is 11.9 Å². The summed E-state index contributed by atoms with van der Waals surface area (Å²) >= 11 is 0. The van der Waals surface area contributed by atoms with Crippen molar-refractivity contribution in [1.29, 1.82) is 0 Å². The zero-order valence-corrected chi connectivity index (χ0v) is 16.6. The van der Waals surface area contributed by atoms with Gasteiger partial charge in [-0.15, -0.1) is 0 Å². The summed E-state index contributed by atoms with van der Waals surface area (Å²) in [5.74, 6) is -1.39. The van der Waals surface area contributed by atoms with Crippen molar-refractivity contribution in [2.24, 2.45) is 0 Å². The molecule has 0 fully saturated rings. The first-order valence-electron chi connectivity index (χ1n) is 9.25. The molecule has 3 N–H and O–H groups in total. The number of carbonyl (C=O) groups excluding carboxylic acids is 1. The number of hydrogen-bond acceptors (Lipinski definition) is 5. The second kappa shape index (κ2) is 9.13. The van der Waals surface area contributed by atoms with Crippen LogP contribution < -0.4 is 10.3 Å². The van der Waals surface area contributed by atoms with Crippen LogP contribution in [0.2, 0.25) is 0 Å².